The van der Waals surface area contributed by atoms with Gasteiger partial charge in [0.2, 0.25) is 11.8 Å². The Morgan fingerprint density at radius 1 is 1.41 bits per heavy atom. The summed E-state index contributed by atoms with van der Waals surface area (Å²) in [4.78, 5) is 11.6. The summed E-state index contributed by atoms with van der Waals surface area (Å²) in [5.74, 6) is -0.234. The van der Waals surface area contributed by atoms with Crippen LogP contribution in [-0.4, -0.2) is 11.1 Å². The highest BCUT2D eigenvalue weighted by molar-refractivity contribution is 5.90. The summed E-state index contributed by atoms with van der Waals surface area (Å²) >= 11 is 0. The van der Waals surface area contributed by atoms with Crippen LogP contribution < -0.4 is 5.32 Å². The molecule has 0 unspecified atom stereocenters. The lowest BCUT2D eigenvalue weighted by atomic mass is 10.1. The molecule has 0 aliphatic carbocycles. The van der Waals surface area contributed by atoms with Gasteiger partial charge in [0.25, 0.3) is 0 Å². The third kappa shape index (κ3) is 3.14. The molecule has 1 heterocycles. The fourth-order valence-corrected chi connectivity index (χ4v) is 1.39. The van der Waals surface area contributed by atoms with Crippen LogP contribution in [0.15, 0.2) is 34.9 Å². The van der Waals surface area contributed by atoms with Crippen LogP contribution in [0.5, 0.6) is 0 Å². The Kier molecular flexibility index (Phi) is 3.18. The summed E-state index contributed by atoms with van der Waals surface area (Å²) < 4.78 is 17.5. The lowest BCUT2D eigenvalue weighted by Gasteiger charge is -2.01. The molecule has 4 nitrogen and oxygen atoms in total. The topological polar surface area (TPSA) is 55.1 Å². The molecule has 0 saturated heterocycles. The molecule has 5 heteroatoms. The molecule has 1 aromatic heterocycles. The van der Waals surface area contributed by atoms with Gasteiger partial charge in [0.05, 0.1) is 12.1 Å². The number of hydrogen-bond acceptors (Lipinski definition) is 3. The number of nitrogens with zero attached hydrogens (tertiary/aromatic N) is 1. The van der Waals surface area contributed by atoms with Crippen LogP contribution in [-0.2, 0) is 11.2 Å². The second-order valence-electron chi connectivity index (χ2n) is 3.68. The van der Waals surface area contributed by atoms with E-state index in [0.717, 1.165) is 5.56 Å². The molecule has 2 rings (SSSR count). The number of benzene rings is 1. The largest absolute Gasteiger partial charge is 0.338 e. The number of rotatable bonds is 3. The molecule has 17 heavy (non-hydrogen) atoms. The minimum atomic E-state index is -0.319. The Bertz CT molecular complexity index is 520. The lowest BCUT2D eigenvalue weighted by Crippen LogP contribution is -2.13. The van der Waals surface area contributed by atoms with Crippen LogP contribution in [0.3, 0.4) is 0 Å². The number of carbonyl (C=O) groups excluding carboxylic acids is 1. The van der Waals surface area contributed by atoms with Gasteiger partial charge in [0.1, 0.15) is 5.82 Å². The Labute approximate surface area is 97.4 Å². The van der Waals surface area contributed by atoms with Crippen molar-refractivity contribution in [1.82, 2.24) is 5.16 Å². The van der Waals surface area contributed by atoms with Gasteiger partial charge in [0, 0.05) is 6.07 Å². The van der Waals surface area contributed by atoms with E-state index in [1.165, 1.54) is 12.1 Å². The average Bonchev–Trinajstić information content (AvgIpc) is 2.67. The van der Waals surface area contributed by atoms with E-state index in [9.17, 15) is 9.18 Å². The van der Waals surface area contributed by atoms with Gasteiger partial charge in [0.15, 0.2) is 0 Å². The molecular formula is C12H11FN2O2. The van der Waals surface area contributed by atoms with Crippen molar-refractivity contribution in [3.05, 3.63) is 47.4 Å². The van der Waals surface area contributed by atoms with Crippen LogP contribution in [0.1, 0.15) is 11.3 Å². The monoisotopic (exact) mass is 234 g/mol. The first kappa shape index (κ1) is 11.3. The number of amides is 1. The normalized spacial score (nSPS) is 10.2. The van der Waals surface area contributed by atoms with Crippen molar-refractivity contribution in [3.63, 3.8) is 0 Å². The first-order valence-corrected chi connectivity index (χ1v) is 5.11. The molecule has 88 valence electrons. The highest BCUT2D eigenvalue weighted by Crippen LogP contribution is 2.09. The van der Waals surface area contributed by atoms with Crippen molar-refractivity contribution in [2.24, 2.45) is 0 Å². The van der Waals surface area contributed by atoms with E-state index in [1.54, 1.807) is 25.1 Å². The first-order chi connectivity index (χ1) is 8.13. The fraction of sp³-hybridized carbons (Fsp3) is 0.167. The summed E-state index contributed by atoms with van der Waals surface area (Å²) in [7, 11) is 0. The van der Waals surface area contributed by atoms with Crippen molar-refractivity contribution >= 4 is 11.8 Å². The predicted molar refractivity (Wildman–Crippen MR) is 60.0 cm³/mol. The molecule has 1 aromatic carbocycles. The lowest BCUT2D eigenvalue weighted by molar-refractivity contribution is -0.115. The Morgan fingerprint density at radius 2 is 2.12 bits per heavy atom. The standard InChI is InChI=1S/C12H11FN2O2/c1-8-6-12(17-15-8)14-11(16)7-9-2-4-10(13)5-3-9/h2-6H,7H2,1H3,(H,14,16). The van der Waals surface area contributed by atoms with Gasteiger partial charge in [-0.1, -0.05) is 17.3 Å². The smallest absolute Gasteiger partial charge is 0.231 e. The zero-order valence-electron chi connectivity index (χ0n) is 9.24. The molecule has 0 aliphatic heterocycles. The quantitative estimate of drug-likeness (QED) is 0.886. The maximum Gasteiger partial charge on any atom is 0.231 e. The van der Waals surface area contributed by atoms with E-state index in [0.29, 0.717) is 11.6 Å². The second-order valence-corrected chi connectivity index (χ2v) is 3.68. The summed E-state index contributed by atoms with van der Waals surface area (Å²) in [5.41, 5.74) is 1.43. The number of nitrogens with one attached hydrogen (secondary N) is 1. The van der Waals surface area contributed by atoms with E-state index in [2.05, 4.69) is 10.5 Å². The maximum absolute atomic E-state index is 12.6. The van der Waals surface area contributed by atoms with Gasteiger partial charge in [-0.05, 0) is 24.6 Å². The highest BCUT2D eigenvalue weighted by Gasteiger charge is 2.07. The maximum atomic E-state index is 12.6. The number of aryl methyl sites for hydroxylation is 1. The molecule has 0 bridgehead atoms. The predicted octanol–water partition coefficient (Wildman–Crippen LogP) is 2.30. The van der Waals surface area contributed by atoms with E-state index in [1.807, 2.05) is 0 Å². The zero-order valence-corrected chi connectivity index (χ0v) is 9.24. The molecule has 0 atom stereocenters. The van der Waals surface area contributed by atoms with Gasteiger partial charge in [-0.15, -0.1) is 0 Å². The number of carbonyl (C=O) groups is 1. The summed E-state index contributed by atoms with van der Waals surface area (Å²) in [5, 5.41) is 6.21. The van der Waals surface area contributed by atoms with Crippen LogP contribution in [0.4, 0.5) is 10.3 Å². The third-order valence-electron chi connectivity index (χ3n) is 2.17. The Hall–Kier alpha value is -2.17. The number of aromatic nitrogens is 1. The third-order valence-corrected chi connectivity index (χ3v) is 2.17. The zero-order chi connectivity index (χ0) is 12.3. The van der Waals surface area contributed by atoms with Crippen molar-refractivity contribution in [2.75, 3.05) is 5.32 Å². The number of halogens is 1. The summed E-state index contributed by atoms with van der Waals surface area (Å²) in [6.45, 7) is 1.76. The van der Waals surface area contributed by atoms with Crippen molar-refractivity contribution in [2.45, 2.75) is 13.3 Å². The minimum Gasteiger partial charge on any atom is -0.338 e. The minimum absolute atomic E-state index is 0.167. The van der Waals surface area contributed by atoms with Gasteiger partial charge in [-0.2, -0.15) is 0 Å². The average molecular weight is 234 g/mol. The van der Waals surface area contributed by atoms with Gasteiger partial charge in [-0.3, -0.25) is 10.1 Å². The molecule has 0 spiro atoms. The van der Waals surface area contributed by atoms with E-state index in [4.69, 9.17) is 4.52 Å². The van der Waals surface area contributed by atoms with E-state index >= 15 is 0 Å². The van der Waals surface area contributed by atoms with Crippen LogP contribution in [0.25, 0.3) is 0 Å². The molecule has 0 fully saturated rings. The molecule has 0 saturated carbocycles. The van der Waals surface area contributed by atoms with E-state index < -0.39 is 0 Å². The van der Waals surface area contributed by atoms with Crippen LogP contribution >= 0.6 is 0 Å². The number of hydrogen-bond donors (Lipinski definition) is 1. The molecule has 0 radical (unpaired) electrons. The van der Waals surface area contributed by atoms with Crippen LogP contribution in [0.2, 0.25) is 0 Å². The van der Waals surface area contributed by atoms with Crippen molar-refractivity contribution < 1.29 is 13.7 Å². The highest BCUT2D eigenvalue weighted by atomic mass is 19.1. The molecule has 0 aliphatic rings. The number of anilines is 1. The van der Waals surface area contributed by atoms with Gasteiger partial charge < -0.3 is 4.52 Å². The van der Waals surface area contributed by atoms with Crippen molar-refractivity contribution in [1.29, 1.82) is 0 Å². The van der Waals surface area contributed by atoms with E-state index in [-0.39, 0.29) is 18.1 Å². The van der Waals surface area contributed by atoms with Gasteiger partial charge >= 0.3 is 0 Å². The molecule has 1 N–H and O–H groups in total. The second kappa shape index (κ2) is 4.78. The molecular weight excluding hydrogens is 223 g/mol. The molecule has 2 aromatic rings. The Morgan fingerprint density at radius 3 is 2.71 bits per heavy atom. The first-order valence-electron chi connectivity index (χ1n) is 5.11. The summed E-state index contributed by atoms with van der Waals surface area (Å²) in [6, 6.07) is 7.41. The van der Waals surface area contributed by atoms with Crippen LogP contribution in [0, 0.1) is 12.7 Å². The van der Waals surface area contributed by atoms with Crippen molar-refractivity contribution in [3.8, 4) is 0 Å². The molecule has 1 amide bonds. The SMILES string of the molecule is Cc1cc(NC(=O)Cc2ccc(F)cc2)on1. The fourth-order valence-electron chi connectivity index (χ4n) is 1.39. The Balaban J connectivity index is 1.95. The van der Waals surface area contributed by atoms with Gasteiger partial charge in [-0.25, -0.2) is 4.39 Å². The summed E-state index contributed by atoms with van der Waals surface area (Å²) in [6.07, 6.45) is 0.167.